The average Bonchev–Trinajstić information content (AvgIpc) is 2.76. The third-order valence-corrected chi connectivity index (χ3v) is 5.91. The lowest BCUT2D eigenvalue weighted by molar-refractivity contribution is -0.142. The molecule has 1 amide bonds. The maximum Gasteiger partial charge on any atom is 0.306 e. The number of aliphatic carboxylic acids is 1. The molecular weight excluding hydrogens is 387 g/mol. The highest BCUT2D eigenvalue weighted by molar-refractivity contribution is 5.94. The summed E-state index contributed by atoms with van der Waals surface area (Å²) in [5.41, 5.74) is 1.51. The first-order valence-corrected chi connectivity index (χ1v) is 10.4. The molecule has 0 unspecified atom stereocenters. The lowest BCUT2D eigenvalue weighted by Gasteiger charge is -2.27. The summed E-state index contributed by atoms with van der Waals surface area (Å²) in [7, 11) is 0. The smallest absolute Gasteiger partial charge is 0.306 e. The molecule has 0 atom stereocenters. The summed E-state index contributed by atoms with van der Waals surface area (Å²) in [6.45, 7) is 0.667. The van der Waals surface area contributed by atoms with Crippen LogP contribution in [0, 0.1) is 11.7 Å². The Morgan fingerprint density at radius 1 is 1.20 bits per heavy atom. The molecule has 0 bridgehead atoms. The molecule has 1 saturated heterocycles. The minimum atomic E-state index is -0.749. The fraction of sp³-hybridized carbons (Fsp3) is 0.455. The molecule has 1 saturated carbocycles. The largest absolute Gasteiger partial charge is 0.481 e. The number of nitrogens with zero attached hydrogens (tertiary/aromatic N) is 3. The van der Waals surface area contributed by atoms with Crippen LogP contribution >= 0.6 is 0 Å². The lowest BCUT2D eigenvalue weighted by atomic mass is 9.86. The van der Waals surface area contributed by atoms with Crippen LogP contribution in [0.1, 0.15) is 44.9 Å². The van der Waals surface area contributed by atoms with Gasteiger partial charge in [0.25, 0.3) is 0 Å². The van der Waals surface area contributed by atoms with Gasteiger partial charge in [-0.2, -0.15) is 0 Å². The zero-order valence-corrected chi connectivity index (χ0v) is 16.7. The van der Waals surface area contributed by atoms with Crippen LogP contribution in [0.25, 0.3) is 11.3 Å². The van der Waals surface area contributed by atoms with Crippen molar-refractivity contribution in [1.29, 1.82) is 0 Å². The summed E-state index contributed by atoms with van der Waals surface area (Å²) in [4.78, 5) is 33.5. The molecule has 0 radical (unpaired) electrons. The first kappa shape index (κ1) is 20.3. The molecule has 1 aliphatic carbocycles. The Morgan fingerprint density at radius 2 is 2.00 bits per heavy atom. The molecule has 4 rings (SSSR count). The number of amides is 1. The molecule has 2 fully saturated rings. The second kappa shape index (κ2) is 8.77. The molecule has 2 N–H and O–H groups in total. The van der Waals surface area contributed by atoms with Crippen LogP contribution in [0.3, 0.4) is 0 Å². The Morgan fingerprint density at radius 3 is 2.73 bits per heavy atom. The van der Waals surface area contributed by atoms with Crippen molar-refractivity contribution in [3.05, 3.63) is 36.3 Å². The van der Waals surface area contributed by atoms with E-state index in [2.05, 4.69) is 15.3 Å². The first-order chi connectivity index (χ1) is 14.5. The maximum atomic E-state index is 14.5. The van der Waals surface area contributed by atoms with Crippen LogP contribution < -0.4 is 10.2 Å². The standard InChI is InChI=1S/C22H25FN4O3/c23-18-13-24-22(25-16-9-7-14(8-10-16)21(29)30)26-20(18)15-4-3-5-17(12-15)27-11-2-1-6-19(27)28/h3-5,12-14,16H,1-2,6-11H2,(H,29,30)(H,24,25,26). The zero-order chi connectivity index (χ0) is 21.1. The van der Waals surface area contributed by atoms with Crippen LogP contribution in [0.2, 0.25) is 0 Å². The van der Waals surface area contributed by atoms with Gasteiger partial charge >= 0.3 is 5.97 Å². The van der Waals surface area contributed by atoms with Crippen molar-refractivity contribution >= 4 is 23.5 Å². The number of benzene rings is 1. The van der Waals surface area contributed by atoms with Gasteiger partial charge in [-0.25, -0.2) is 14.4 Å². The molecule has 1 aromatic heterocycles. The van der Waals surface area contributed by atoms with Crippen molar-refractivity contribution < 1.29 is 19.1 Å². The van der Waals surface area contributed by atoms with Crippen LogP contribution in [0.15, 0.2) is 30.5 Å². The van der Waals surface area contributed by atoms with Gasteiger partial charge in [-0.05, 0) is 50.7 Å². The fourth-order valence-corrected chi connectivity index (χ4v) is 4.21. The second-order valence-electron chi connectivity index (χ2n) is 7.97. The van der Waals surface area contributed by atoms with Crippen molar-refractivity contribution in [2.75, 3.05) is 16.8 Å². The summed E-state index contributed by atoms with van der Waals surface area (Å²) in [5, 5.41) is 12.3. The molecule has 158 valence electrons. The van der Waals surface area contributed by atoms with Crippen molar-refractivity contribution in [3.63, 3.8) is 0 Å². The van der Waals surface area contributed by atoms with Gasteiger partial charge in [-0.15, -0.1) is 0 Å². The minimum absolute atomic E-state index is 0.0659. The predicted molar refractivity (Wildman–Crippen MR) is 111 cm³/mol. The van der Waals surface area contributed by atoms with E-state index in [1.54, 1.807) is 23.1 Å². The molecule has 8 heteroatoms. The summed E-state index contributed by atoms with van der Waals surface area (Å²) in [6, 6.07) is 7.28. The maximum absolute atomic E-state index is 14.5. The Bertz CT molecular complexity index is 944. The average molecular weight is 412 g/mol. The highest BCUT2D eigenvalue weighted by Gasteiger charge is 2.26. The monoisotopic (exact) mass is 412 g/mol. The van der Waals surface area contributed by atoms with Crippen molar-refractivity contribution in [3.8, 4) is 11.3 Å². The van der Waals surface area contributed by atoms with E-state index in [1.807, 2.05) is 6.07 Å². The van der Waals surface area contributed by atoms with E-state index < -0.39 is 11.8 Å². The van der Waals surface area contributed by atoms with Crippen molar-refractivity contribution in [1.82, 2.24) is 9.97 Å². The molecule has 7 nitrogen and oxygen atoms in total. The van der Waals surface area contributed by atoms with Gasteiger partial charge in [0.1, 0.15) is 5.69 Å². The number of carboxylic acid groups (broad SMARTS) is 1. The van der Waals surface area contributed by atoms with E-state index in [-0.39, 0.29) is 23.6 Å². The van der Waals surface area contributed by atoms with E-state index in [9.17, 15) is 14.0 Å². The molecule has 30 heavy (non-hydrogen) atoms. The van der Waals surface area contributed by atoms with Gasteiger partial charge in [0.15, 0.2) is 5.82 Å². The summed E-state index contributed by atoms with van der Waals surface area (Å²) in [6.07, 6.45) is 6.16. The number of rotatable bonds is 5. The van der Waals surface area contributed by atoms with Gasteiger partial charge in [0.2, 0.25) is 11.9 Å². The normalized spacial score (nSPS) is 22.0. The van der Waals surface area contributed by atoms with Gasteiger partial charge in [0.05, 0.1) is 12.1 Å². The van der Waals surface area contributed by atoms with Gasteiger partial charge in [-0.3, -0.25) is 9.59 Å². The Labute approximate surface area is 174 Å². The number of hydrogen-bond acceptors (Lipinski definition) is 5. The number of anilines is 2. The number of nitrogens with one attached hydrogen (secondary N) is 1. The molecule has 1 aliphatic heterocycles. The van der Waals surface area contributed by atoms with E-state index >= 15 is 0 Å². The van der Waals surface area contributed by atoms with Gasteiger partial charge < -0.3 is 15.3 Å². The van der Waals surface area contributed by atoms with E-state index in [0.29, 0.717) is 50.2 Å². The predicted octanol–water partition coefficient (Wildman–Crippen LogP) is 3.85. The molecule has 0 spiro atoms. The number of hydrogen-bond donors (Lipinski definition) is 2. The van der Waals surface area contributed by atoms with E-state index in [0.717, 1.165) is 24.7 Å². The molecule has 1 aromatic carbocycles. The molecule has 2 aliphatic rings. The third kappa shape index (κ3) is 4.42. The number of carbonyl (C=O) groups excluding carboxylic acids is 1. The van der Waals surface area contributed by atoms with Crippen LogP contribution in [-0.2, 0) is 9.59 Å². The van der Waals surface area contributed by atoms with Crippen LogP contribution in [0.4, 0.5) is 16.0 Å². The molecular formula is C22H25FN4O3. The summed E-state index contributed by atoms with van der Waals surface area (Å²) in [5.74, 6) is -1.17. The molecule has 2 aromatic rings. The highest BCUT2D eigenvalue weighted by atomic mass is 19.1. The molecule has 2 heterocycles. The summed E-state index contributed by atoms with van der Waals surface area (Å²) >= 11 is 0. The summed E-state index contributed by atoms with van der Waals surface area (Å²) < 4.78 is 14.5. The van der Waals surface area contributed by atoms with Gasteiger partial charge in [-0.1, -0.05) is 12.1 Å². The Kier molecular flexibility index (Phi) is 5.92. The fourth-order valence-electron chi connectivity index (χ4n) is 4.21. The Hall–Kier alpha value is -3.03. The van der Waals surface area contributed by atoms with Gasteiger partial charge in [0, 0.05) is 30.3 Å². The third-order valence-electron chi connectivity index (χ3n) is 5.91. The number of halogens is 1. The SMILES string of the molecule is O=C(O)C1CCC(Nc2ncc(F)c(-c3cccc(N4CCCCC4=O)c3)n2)CC1. The quantitative estimate of drug-likeness (QED) is 0.774. The van der Waals surface area contributed by atoms with Crippen molar-refractivity contribution in [2.45, 2.75) is 51.0 Å². The Balaban J connectivity index is 1.52. The number of aromatic nitrogens is 2. The van der Waals surface area contributed by atoms with Crippen LogP contribution in [0.5, 0.6) is 0 Å². The lowest BCUT2D eigenvalue weighted by Crippen LogP contribution is -2.35. The minimum Gasteiger partial charge on any atom is -0.481 e. The topological polar surface area (TPSA) is 95.4 Å². The number of piperidine rings is 1. The van der Waals surface area contributed by atoms with E-state index in [4.69, 9.17) is 5.11 Å². The van der Waals surface area contributed by atoms with E-state index in [1.165, 1.54) is 0 Å². The number of carboxylic acids is 1. The highest BCUT2D eigenvalue weighted by Crippen LogP contribution is 2.29. The zero-order valence-electron chi connectivity index (χ0n) is 16.7. The van der Waals surface area contributed by atoms with Crippen molar-refractivity contribution in [2.24, 2.45) is 5.92 Å². The first-order valence-electron chi connectivity index (χ1n) is 10.4. The van der Waals surface area contributed by atoms with Crippen LogP contribution in [-0.4, -0.2) is 39.5 Å². The number of carbonyl (C=O) groups is 2. The second-order valence-corrected chi connectivity index (χ2v) is 7.97.